The lowest BCUT2D eigenvalue weighted by Crippen LogP contribution is -2.12. The van der Waals surface area contributed by atoms with Gasteiger partial charge in [-0.05, 0) is 36.6 Å². The SMILES string of the molecule is COc1ccc(F)cc1CCC(CO)CO. The van der Waals surface area contributed by atoms with Gasteiger partial charge in [0.25, 0.3) is 0 Å². The third-order valence-electron chi connectivity index (χ3n) is 2.58. The molecule has 1 rings (SSSR count). The van der Waals surface area contributed by atoms with E-state index in [1.165, 1.54) is 19.2 Å². The van der Waals surface area contributed by atoms with Crippen LogP contribution in [0.2, 0.25) is 0 Å². The minimum atomic E-state index is -0.305. The third kappa shape index (κ3) is 3.47. The summed E-state index contributed by atoms with van der Waals surface area (Å²) in [5, 5.41) is 17.8. The highest BCUT2D eigenvalue weighted by Gasteiger charge is 2.09. The van der Waals surface area contributed by atoms with Gasteiger partial charge >= 0.3 is 0 Å². The van der Waals surface area contributed by atoms with Crippen molar-refractivity contribution in [3.8, 4) is 5.75 Å². The van der Waals surface area contributed by atoms with Gasteiger partial charge in [0.05, 0.1) is 7.11 Å². The molecular formula is C12H17FO3. The van der Waals surface area contributed by atoms with Gasteiger partial charge in [-0.2, -0.15) is 0 Å². The second kappa shape index (κ2) is 6.45. The summed E-state index contributed by atoms with van der Waals surface area (Å²) in [5.74, 6) is 0.171. The van der Waals surface area contributed by atoms with Crippen molar-refractivity contribution in [1.29, 1.82) is 0 Å². The zero-order valence-corrected chi connectivity index (χ0v) is 9.32. The van der Waals surface area contributed by atoms with Crippen molar-refractivity contribution in [3.05, 3.63) is 29.6 Å². The second-order valence-corrected chi connectivity index (χ2v) is 3.73. The van der Waals surface area contributed by atoms with Crippen LogP contribution in [0.5, 0.6) is 5.75 Å². The Kier molecular flexibility index (Phi) is 5.22. The largest absolute Gasteiger partial charge is 0.496 e. The molecule has 0 aromatic heterocycles. The van der Waals surface area contributed by atoms with Gasteiger partial charge in [0, 0.05) is 19.1 Å². The van der Waals surface area contributed by atoms with Crippen LogP contribution in [-0.4, -0.2) is 30.5 Å². The molecule has 2 N–H and O–H groups in total. The molecule has 0 amide bonds. The minimum absolute atomic E-state index is 0.0614. The summed E-state index contributed by atoms with van der Waals surface area (Å²) in [5.41, 5.74) is 0.759. The van der Waals surface area contributed by atoms with Gasteiger partial charge in [-0.25, -0.2) is 4.39 Å². The molecule has 16 heavy (non-hydrogen) atoms. The van der Waals surface area contributed by atoms with Gasteiger partial charge in [0.15, 0.2) is 0 Å². The Morgan fingerprint density at radius 2 is 2.00 bits per heavy atom. The van der Waals surface area contributed by atoms with Gasteiger partial charge in [0.2, 0.25) is 0 Å². The van der Waals surface area contributed by atoms with Crippen molar-refractivity contribution in [3.63, 3.8) is 0 Å². The van der Waals surface area contributed by atoms with Crippen molar-refractivity contribution in [2.24, 2.45) is 5.92 Å². The van der Waals surface area contributed by atoms with Gasteiger partial charge in [-0.1, -0.05) is 0 Å². The van der Waals surface area contributed by atoms with Crippen molar-refractivity contribution in [2.45, 2.75) is 12.8 Å². The summed E-state index contributed by atoms with van der Waals surface area (Å²) < 4.78 is 18.1. The zero-order chi connectivity index (χ0) is 12.0. The van der Waals surface area contributed by atoms with Crippen LogP contribution in [0.15, 0.2) is 18.2 Å². The van der Waals surface area contributed by atoms with Crippen LogP contribution in [0.3, 0.4) is 0 Å². The Morgan fingerprint density at radius 1 is 1.31 bits per heavy atom. The van der Waals surface area contributed by atoms with E-state index >= 15 is 0 Å². The number of aliphatic hydroxyl groups is 2. The number of ether oxygens (including phenoxy) is 1. The van der Waals surface area contributed by atoms with E-state index in [0.29, 0.717) is 18.6 Å². The molecule has 0 spiro atoms. The number of hydrogen-bond donors (Lipinski definition) is 2. The van der Waals surface area contributed by atoms with E-state index in [1.54, 1.807) is 6.07 Å². The van der Waals surface area contributed by atoms with E-state index < -0.39 is 0 Å². The maximum atomic E-state index is 13.0. The molecule has 0 radical (unpaired) electrons. The fraction of sp³-hybridized carbons (Fsp3) is 0.500. The van der Waals surface area contributed by atoms with Crippen molar-refractivity contribution in [2.75, 3.05) is 20.3 Å². The lowest BCUT2D eigenvalue weighted by Gasteiger charge is -2.12. The van der Waals surface area contributed by atoms with E-state index in [-0.39, 0.29) is 24.9 Å². The number of aliphatic hydroxyl groups excluding tert-OH is 2. The summed E-state index contributed by atoms with van der Waals surface area (Å²) in [6.07, 6.45) is 1.18. The molecule has 0 saturated carbocycles. The number of hydrogen-bond acceptors (Lipinski definition) is 3. The average molecular weight is 228 g/mol. The smallest absolute Gasteiger partial charge is 0.123 e. The number of rotatable bonds is 6. The van der Waals surface area contributed by atoms with Crippen LogP contribution in [0.1, 0.15) is 12.0 Å². The Labute approximate surface area is 94.5 Å². The molecule has 0 heterocycles. The lowest BCUT2D eigenvalue weighted by molar-refractivity contribution is 0.144. The molecule has 3 nitrogen and oxygen atoms in total. The number of benzene rings is 1. The first-order valence-corrected chi connectivity index (χ1v) is 5.25. The normalized spacial score (nSPS) is 10.8. The molecule has 90 valence electrons. The standard InChI is InChI=1S/C12H17FO3/c1-16-12-5-4-11(13)6-10(12)3-2-9(7-14)8-15/h4-6,9,14-15H,2-3,7-8H2,1H3. The van der Waals surface area contributed by atoms with Crippen LogP contribution >= 0.6 is 0 Å². The summed E-state index contributed by atoms with van der Waals surface area (Å²) in [6.45, 7) is -0.123. The molecule has 0 atom stereocenters. The molecule has 4 heteroatoms. The van der Waals surface area contributed by atoms with E-state index in [0.717, 1.165) is 5.56 Å². The molecule has 0 bridgehead atoms. The molecule has 0 aliphatic heterocycles. The molecule has 0 fully saturated rings. The maximum Gasteiger partial charge on any atom is 0.123 e. The van der Waals surface area contributed by atoms with E-state index in [4.69, 9.17) is 14.9 Å². The van der Waals surface area contributed by atoms with Crippen LogP contribution in [0.25, 0.3) is 0 Å². The third-order valence-corrected chi connectivity index (χ3v) is 2.58. The van der Waals surface area contributed by atoms with E-state index in [2.05, 4.69) is 0 Å². The van der Waals surface area contributed by atoms with Gasteiger partial charge in [0.1, 0.15) is 11.6 Å². The zero-order valence-electron chi connectivity index (χ0n) is 9.32. The fourth-order valence-electron chi connectivity index (χ4n) is 1.54. The topological polar surface area (TPSA) is 49.7 Å². The first-order chi connectivity index (χ1) is 7.71. The predicted octanol–water partition coefficient (Wildman–Crippen LogP) is 1.37. The highest BCUT2D eigenvalue weighted by Crippen LogP contribution is 2.22. The highest BCUT2D eigenvalue weighted by molar-refractivity contribution is 5.34. The van der Waals surface area contributed by atoms with Crippen molar-refractivity contribution < 1.29 is 19.3 Å². The highest BCUT2D eigenvalue weighted by atomic mass is 19.1. The number of methoxy groups -OCH3 is 1. The summed E-state index contributed by atoms with van der Waals surface area (Å²) in [6, 6.07) is 4.35. The van der Waals surface area contributed by atoms with Gasteiger partial charge in [-0.15, -0.1) is 0 Å². The second-order valence-electron chi connectivity index (χ2n) is 3.73. The van der Waals surface area contributed by atoms with Crippen LogP contribution in [0, 0.1) is 11.7 Å². The van der Waals surface area contributed by atoms with E-state index in [9.17, 15) is 4.39 Å². The maximum absolute atomic E-state index is 13.0. The molecule has 0 aliphatic carbocycles. The average Bonchev–Trinajstić information content (AvgIpc) is 2.30. The lowest BCUT2D eigenvalue weighted by atomic mass is 10.0. The Bertz CT molecular complexity index is 324. The Morgan fingerprint density at radius 3 is 2.56 bits per heavy atom. The van der Waals surface area contributed by atoms with Crippen LogP contribution < -0.4 is 4.74 Å². The summed E-state index contributed by atoms with van der Waals surface area (Å²) in [4.78, 5) is 0. The first-order valence-electron chi connectivity index (χ1n) is 5.25. The van der Waals surface area contributed by atoms with Gasteiger partial charge in [-0.3, -0.25) is 0 Å². The minimum Gasteiger partial charge on any atom is -0.496 e. The molecule has 1 aromatic rings. The van der Waals surface area contributed by atoms with Crippen molar-refractivity contribution in [1.82, 2.24) is 0 Å². The quantitative estimate of drug-likeness (QED) is 0.773. The Balaban J connectivity index is 2.68. The fourth-order valence-corrected chi connectivity index (χ4v) is 1.54. The first kappa shape index (κ1) is 12.9. The summed E-state index contributed by atoms with van der Waals surface area (Å²) >= 11 is 0. The van der Waals surface area contributed by atoms with E-state index in [1.807, 2.05) is 0 Å². The summed E-state index contributed by atoms with van der Waals surface area (Å²) in [7, 11) is 1.53. The molecule has 1 aromatic carbocycles. The molecular weight excluding hydrogens is 211 g/mol. The predicted molar refractivity (Wildman–Crippen MR) is 58.9 cm³/mol. The Hall–Kier alpha value is -1.13. The molecule has 0 aliphatic rings. The van der Waals surface area contributed by atoms with Gasteiger partial charge < -0.3 is 14.9 Å². The van der Waals surface area contributed by atoms with Crippen LogP contribution in [0.4, 0.5) is 4.39 Å². The number of aryl methyl sites for hydroxylation is 1. The van der Waals surface area contributed by atoms with Crippen molar-refractivity contribution >= 4 is 0 Å². The monoisotopic (exact) mass is 228 g/mol. The molecule has 0 unspecified atom stereocenters. The molecule has 0 saturated heterocycles. The van der Waals surface area contributed by atoms with Crippen LogP contribution in [-0.2, 0) is 6.42 Å². The number of halogens is 1.